The van der Waals surface area contributed by atoms with E-state index in [0.717, 1.165) is 6.42 Å². The van der Waals surface area contributed by atoms with Gasteiger partial charge in [-0.1, -0.05) is 32.9 Å². The van der Waals surface area contributed by atoms with Crippen LogP contribution in [0.1, 0.15) is 44.0 Å². The fourth-order valence-electron chi connectivity index (χ4n) is 2.08. The van der Waals surface area contributed by atoms with Crippen molar-refractivity contribution in [1.29, 1.82) is 0 Å². The van der Waals surface area contributed by atoms with Crippen LogP contribution in [0.2, 0.25) is 0 Å². The van der Waals surface area contributed by atoms with Crippen LogP contribution in [0.5, 0.6) is 0 Å². The number of amides is 1. The molecule has 1 amide bonds. The molecule has 0 aliphatic heterocycles. The van der Waals surface area contributed by atoms with Gasteiger partial charge in [0.15, 0.2) is 0 Å². The Morgan fingerprint density at radius 3 is 2.45 bits per heavy atom. The summed E-state index contributed by atoms with van der Waals surface area (Å²) in [6, 6.07) is 6.07. The summed E-state index contributed by atoms with van der Waals surface area (Å²) in [5.74, 6) is -1.34. The van der Waals surface area contributed by atoms with Crippen molar-refractivity contribution in [1.82, 2.24) is 0 Å². The van der Waals surface area contributed by atoms with Gasteiger partial charge in [-0.15, -0.1) is 0 Å². The largest absolute Gasteiger partial charge is 0.478 e. The first kappa shape index (κ1) is 16.2. The van der Waals surface area contributed by atoms with Gasteiger partial charge in [0.25, 0.3) is 0 Å². The first-order valence-corrected chi connectivity index (χ1v) is 6.57. The molecule has 1 aromatic rings. The van der Waals surface area contributed by atoms with Gasteiger partial charge in [0.1, 0.15) is 0 Å². The molecule has 0 spiro atoms. The van der Waals surface area contributed by atoms with Crippen LogP contribution in [0.4, 0.5) is 5.69 Å². The van der Waals surface area contributed by atoms with E-state index in [1.54, 1.807) is 18.2 Å². The zero-order chi connectivity index (χ0) is 15.3. The molecule has 4 N–H and O–H groups in total. The van der Waals surface area contributed by atoms with Gasteiger partial charge >= 0.3 is 5.97 Å². The number of nitrogens with two attached hydrogens (primary N) is 1. The molecular weight excluding hydrogens is 256 g/mol. The maximum absolute atomic E-state index is 11.9. The van der Waals surface area contributed by atoms with Crippen molar-refractivity contribution in [3.05, 3.63) is 29.8 Å². The Kier molecular flexibility index (Phi) is 5.27. The van der Waals surface area contributed by atoms with Gasteiger partial charge in [-0.25, -0.2) is 4.79 Å². The van der Waals surface area contributed by atoms with Crippen molar-refractivity contribution < 1.29 is 14.7 Å². The molecule has 1 rings (SSSR count). The molecular formula is C15H22N2O3. The lowest BCUT2D eigenvalue weighted by Gasteiger charge is -2.22. The second kappa shape index (κ2) is 6.52. The van der Waals surface area contributed by atoms with Gasteiger partial charge in [-0.2, -0.15) is 0 Å². The number of hydrogen-bond acceptors (Lipinski definition) is 3. The molecule has 5 heteroatoms. The number of carboxylic acids is 1. The van der Waals surface area contributed by atoms with Gasteiger partial charge in [0.05, 0.1) is 11.3 Å². The molecule has 0 heterocycles. The first-order chi connectivity index (χ1) is 9.19. The number of hydrogen-bond donors (Lipinski definition) is 3. The van der Waals surface area contributed by atoms with E-state index in [0.29, 0.717) is 5.69 Å². The van der Waals surface area contributed by atoms with Crippen LogP contribution in [-0.4, -0.2) is 23.0 Å². The average molecular weight is 278 g/mol. The molecule has 110 valence electrons. The monoisotopic (exact) mass is 278 g/mol. The number of aromatic carboxylic acids is 1. The van der Waals surface area contributed by atoms with Crippen LogP contribution in [-0.2, 0) is 4.79 Å². The molecule has 0 aliphatic carbocycles. The molecule has 0 radical (unpaired) electrons. The van der Waals surface area contributed by atoms with Crippen LogP contribution < -0.4 is 11.1 Å². The van der Waals surface area contributed by atoms with Crippen LogP contribution >= 0.6 is 0 Å². The summed E-state index contributed by atoms with van der Waals surface area (Å²) in [5, 5.41) is 11.6. The predicted molar refractivity (Wildman–Crippen MR) is 78.7 cm³/mol. The molecule has 0 aliphatic rings. The van der Waals surface area contributed by atoms with E-state index in [2.05, 4.69) is 26.1 Å². The molecule has 0 saturated heterocycles. The second-order valence-corrected chi connectivity index (χ2v) is 6.13. The molecule has 0 bridgehead atoms. The highest BCUT2D eigenvalue weighted by Crippen LogP contribution is 2.21. The van der Waals surface area contributed by atoms with Gasteiger partial charge in [0.2, 0.25) is 5.91 Å². The van der Waals surface area contributed by atoms with E-state index < -0.39 is 5.97 Å². The van der Waals surface area contributed by atoms with E-state index >= 15 is 0 Å². The summed E-state index contributed by atoms with van der Waals surface area (Å²) in [4.78, 5) is 22.9. The SMILES string of the molecule is CC(C)(C)CC(N)CC(=O)Nc1ccccc1C(=O)O. The molecule has 1 atom stereocenters. The Balaban J connectivity index is 2.66. The number of nitrogens with one attached hydrogen (secondary N) is 1. The number of carbonyl (C=O) groups is 2. The highest BCUT2D eigenvalue weighted by molar-refractivity contribution is 6.00. The van der Waals surface area contributed by atoms with Crippen molar-refractivity contribution in [2.45, 2.75) is 39.7 Å². The van der Waals surface area contributed by atoms with Crippen LogP contribution in [0.25, 0.3) is 0 Å². The summed E-state index contributed by atoms with van der Waals surface area (Å²) in [6.07, 6.45) is 0.895. The summed E-state index contributed by atoms with van der Waals surface area (Å²) in [6.45, 7) is 6.18. The minimum atomic E-state index is -1.07. The number of anilines is 1. The normalized spacial score (nSPS) is 12.8. The fraction of sp³-hybridized carbons (Fsp3) is 0.467. The molecule has 0 aromatic heterocycles. The third-order valence-electron chi connectivity index (χ3n) is 2.75. The summed E-state index contributed by atoms with van der Waals surface area (Å²) >= 11 is 0. The Morgan fingerprint density at radius 2 is 1.90 bits per heavy atom. The zero-order valence-electron chi connectivity index (χ0n) is 12.1. The van der Waals surface area contributed by atoms with E-state index in [4.69, 9.17) is 10.8 Å². The lowest BCUT2D eigenvalue weighted by molar-refractivity contribution is -0.116. The van der Waals surface area contributed by atoms with E-state index in [9.17, 15) is 9.59 Å². The first-order valence-electron chi connectivity index (χ1n) is 6.57. The lowest BCUT2D eigenvalue weighted by Crippen LogP contribution is -2.31. The van der Waals surface area contributed by atoms with Crippen LogP contribution in [0.15, 0.2) is 24.3 Å². The van der Waals surface area contributed by atoms with Crippen molar-refractivity contribution in [3.63, 3.8) is 0 Å². The third kappa shape index (κ3) is 5.40. The quantitative estimate of drug-likeness (QED) is 0.771. The van der Waals surface area contributed by atoms with E-state index in [1.165, 1.54) is 6.07 Å². The smallest absolute Gasteiger partial charge is 0.337 e. The van der Waals surface area contributed by atoms with Crippen LogP contribution in [0.3, 0.4) is 0 Å². The second-order valence-electron chi connectivity index (χ2n) is 6.13. The summed E-state index contributed by atoms with van der Waals surface area (Å²) < 4.78 is 0. The highest BCUT2D eigenvalue weighted by atomic mass is 16.4. The Bertz CT molecular complexity index is 492. The Morgan fingerprint density at radius 1 is 1.30 bits per heavy atom. The van der Waals surface area contributed by atoms with Gasteiger partial charge < -0.3 is 16.2 Å². The maximum atomic E-state index is 11.9. The van der Waals surface area contributed by atoms with Gasteiger partial charge in [0, 0.05) is 12.5 Å². The number of para-hydroxylation sites is 1. The molecule has 0 fully saturated rings. The van der Waals surface area contributed by atoms with E-state index in [-0.39, 0.29) is 29.3 Å². The topological polar surface area (TPSA) is 92.4 Å². The lowest BCUT2D eigenvalue weighted by atomic mass is 9.87. The van der Waals surface area contributed by atoms with Gasteiger partial charge in [-0.3, -0.25) is 4.79 Å². The van der Waals surface area contributed by atoms with Crippen molar-refractivity contribution in [3.8, 4) is 0 Å². The van der Waals surface area contributed by atoms with Crippen LogP contribution in [0, 0.1) is 5.41 Å². The minimum Gasteiger partial charge on any atom is -0.478 e. The van der Waals surface area contributed by atoms with Gasteiger partial charge in [-0.05, 0) is 24.0 Å². The summed E-state index contributed by atoms with van der Waals surface area (Å²) in [7, 11) is 0. The van der Waals surface area contributed by atoms with E-state index in [1.807, 2.05) is 0 Å². The third-order valence-corrected chi connectivity index (χ3v) is 2.75. The molecule has 20 heavy (non-hydrogen) atoms. The minimum absolute atomic E-state index is 0.0542. The summed E-state index contributed by atoms with van der Waals surface area (Å²) in [5.41, 5.74) is 6.36. The Hall–Kier alpha value is -1.88. The molecule has 1 unspecified atom stereocenters. The number of carbonyl (C=O) groups excluding carboxylic acids is 1. The van der Waals surface area contributed by atoms with Crippen molar-refractivity contribution >= 4 is 17.6 Å². The van der Waals surface area contributed by atoms with Crippen molar-refractivity contribution in [2.75, 3.05) is 5.32 Å². The number of benzene rings is 1. The van der Waals surface area contributed by atoms with Crippen molar-refractivity contribution in [2.24, 2.45) is 11.1 Å². The Labute approximate surface area is 119 Å². The highest BCUT2D eigenvalue weighted by Gasteiger charge is 2.19. The molecule has 5 nitrogen and oxygen atoms in total. The average Bonchev–Trinajstić information content (AvgIpc) is 2.26. The fourth-order valence-corrected chi connectivity index (χ4v) is 2.08. The predicted octanol–water partition coefficient (Wildman–Crippen LogP) is 2.48. The number of rotatable bonds is 5. The standard InChI is InChI=1S/C15H22N2O3/c1-15(2,3)9-10(16)8-13(18)17-12-7-5-4-6-11(12)14(19)20/h4-7,10H,8-9,16H2,1-3H3,(H,17,18)(H,19,20). The number of carboxylic acid groups (broad SMARTS) is 1. The molecule has 1 aromatic carbocycles. The molecule has 0 saturated carbocycles. The zero-order valence-corrected chi connectivity index (χ0v) is 12.1. The maximum Gasteiger partial charge on any atom is 0.337 e.